The van der Waals surface area contributed by atoms with E-state index in [0.717, 1.165) is 0 Å². The Morgan fingerprint density at radius 2 is 2.44 bits per heavy atom. The number of aromatic nitrogens is 1. The van der Waals surface area contributed by atoms with Crippen LogP contribution in [0.4, 0.5) is 0 Å². The molecular weight excluding hydrogens is 293 g/mol. The van der Waals surface area contributed by atoms with E-state index in [0.29, 0.717) is 29.4 Å². The van der Waals surface area contributed by atoms with Gasteiger partial charge < -0.3 is 5.32 Å². The normalized spacial score (nSPS) is 9.56. The summed E-state index contributed by atoms with van der Waals surface area (Å²) in [7, 11) is 0. The first-order chi connectivity index (χ1) is 7.65. The molecule has 0 aromatic carbocycles. The summed E-state index contributed by atoms with van der Waals surface area (Å²) < 4.78 is 0.694. The lowest BCUT2D eigenvalue weighted by Gasteiger charge is -2.05. The van der Waals surface area contributed by atoms with Gasteiger partial charge >= 0.3 is 0 Å². The first kappa shape index (κ1) is 12.9. The quantitative estimate of drug-likeness (QED) is 0.686. The number of nitriles is 1. The Labute approximate surface area is 107 Å². The maximum absolute atomic E-state index is 11.6. The molecule has 0 saturated carbocycles. The van der Waals surface area contributed by atoms with Crippen LogP contribution >= 0.6 is 27.5 Å². The Hall–Kier alpha value is -1.12. The summed E-state index contributed by atoms with van der Waals surface area (Å²) in [6.07, 6.45) is 2.57. The van der Waals surface area contributed by atoms with E-state index in [9.17, 15) is 4.79 Å². The summed E-state index contributed by atoms with van der Waals surface area (Å²) in [5.74, 6) is -0.281. The van der Waals surface area contributed by atoms with Crippen LogP contribution in [0.1, 0.15) is 23.2 Å². The molecule has 84 valence electrons. The maximum atomic E-state index is 11.6. The Morgan fingerprint density at radius 3 is 3.12 bits per heavy atom. The average Bonchev–Trinajstić information content (AvgIpc) is 2.27. The fourth-order valence-corrected chi connectivity index (χ4v) is 1.57. The lowest BCUT2D eigenvalue weighted by atomic mass is 10.2. The predicted octanol–water partition coefficient (Wildman–Crippen LogP) is 2.53. The Bertz CT molecular complexity index is 431. The van der Waals surface area contributed by atoms with Crippen molar-refractivity contribution in [1.29, 1.82) is 5.26 Å². The molecule has 1 aromatic heterocycles. The van der Waals surface area contributed by atoms with Gasteiger partial charge in [-0.15, -0.1) is 0 Å². The van der Waals surface area contributed by atoms with E-state index in [-0.39, 0.29) is 11.1 Å². The number of amides is 1. The number of pyridine rings is 1. The summed E-state index contributed by atoms with van der Waals surface area (Å²) in [5, 5.41) is 11.2. The van der Waals surface area contributed by atoms with E-state index in [2.05, 4.69) is 26.2 Å². The van der Waals surface area contributed by atoms with Crippen LogP contribution in [0.2, 0.25) is 5.15 Å². The van der Waals surface area contributed by atoms with Gasteiger partial charge in [-0.2, -0.15) is 5.26 Å². The molecule has 1 N–H and O–H groups in total. The average molecular weight is 303 g/mol. The lowest BCUT2D eigenvalue weighted by Crippen LogP contribution is -2.24. The zero-order valence-corrected chi connectivity index (χ0v) is 10.7. The standard InChI is InChI=1S/C10H9BrClN3O/c11-7-5-8(9(12)15-6-7)10(16)14-4-2-1-3-13/h5-6H,1-2,4H2,(H,14,16). The molecule has 4 nitrogen and oxygen atoms in total. The molecule has 6 heteroatoms. The minimum atomic E-state index is -0.281. The van der Waals surface area contributed by atoms with E-state index >= 15 is 0 Å². The molecule has 0 saturated heterocycles. The first-order valence-corrected chi connectivity index (χ1v) is 5.78. The highest BCUT2D eigenvalue weighted by molar-refractivity contribution is 9.10. The summed E-state index contributed by atoms with van der Waals surface area (Å²) in [5.41, 5.74) is 0.327. The largest absolute Gasteiger partial charge is 0.352 e. The summed E-state index contributed by atoms with van der Waals surface area (Å²) in [4.78, 5) is 15.5. The number of nitrogens with one attached hydrogen (secondary N) is 1. The smallest absolute Gasteiger partial charge is 0.254 e. The van der Waals surface area contributed by atoms with Crippen molar-refractivity contribution >= 4 is 33.4 Å². The number of rotatable bonds is 4. The van der Waals surface area contributed by atoms with Crippen molar-refractivity contribution in [1.82, 2.24) is 10.3 Å². The summed E-state index contributed by atoms with van der Waals surface area (Å²) in [6.45, 7) is 0.454. The molecule has 1 heterocycles. The molecule has 1 rings (SSSR count). The molecule has 1 aromatic rings. The minimum Gasteiger partial charge on any atom is -0.352 e. The van der Waals surface area contributed by atoms with E-state index in [4.69, 9.17) is 16.9 Å². The van der Waals surface area contributed by atoms with Gasteiger partial charge in [0.1, 0.15) is 5.15 Å². The fourth-order valence-electron chi connectivity index (χ4n) is 1.05. The van der Waals surface area contributed by atoms with Crippen molar-refractivity contribution in [2.45, 2.75) is 12.8 Å². The molecule has 1 amide bonds. The van der Waals surface area contributed by atoms with Crippen molar-refractivity contribution in [2.24, 2.45) is 0 Å². The van der Waals surface area contributed by atoms with Crippen LogP contribution in [0.15, 0.2) is 16.7 Å². The maximum Gasteiger partial charge on any atom is 0.254 e. The number of hydrogen-bond acceptors (Lipinski definition) is 3. The van der Waals surface area contributed by atoms with Crippen LogP contribution in [-0.2, 0) is 0 Å². The van der Waals surface area contributed by atoms with Gasteiger partial charge in [-0.25, -0.2) is 4.98 Å². The third kappa shape index (κ3) is 3.80. The van der Waals surface area contributed by atoms with Crippen LogP contribution in [0, 0.1) is 11.3 Å². The van der Waals surface area contributed by atoms with Gasteiger partial charge in [-0.05, 0) is 28.4 Å². The number of carbonyl (C=O) groups excluding carboxylic acids is 1. The highest BCUT2D eigenvalue weighted by atomic mass is 79.9. The molecule has 0 bridgehead atoms. The van der Waals surface area contributed by atoms with Crippen molar-refractivity contribution in [2.75, 3.05) is 6.54 Å². The summed E-state index contributed by atoms with van der Waals surface area (Å²) >= 11 is 9.00. The lowest BCUT2D eigenvalue weighted by molar-refractivity contribution is 0.0953. The molecule has 0 aliphatic rings. The van der Waals surface area contributed by atoms with E-state index in [1.807, 2.05) is 6.07 Å². The fraction of sp³-hybridized carbons (Fsp3) is 0.300. The van der Waals surface area contributed by atoms with Crippen LogP contribution in [0.3, 0.4) is 0 Å². The van der Waals surface area contributed by atoms with Gasteiger partial charge in [0.15, 0.2) is 0 Å². The van der Waals surface area contributed by atoms with Gasteiger partial charge in [0.2, 0.25) is 0 Å². The first-order valence-electron chi connectivity index (χ1n) is 4.61. The third-order valence-corrected chi connectivity index (χ3v) is 2.54. The Morgan fingerprint density at radius 1 is 1.69 bits per heavy atom. The van der Waals surface area contributed by atoms with Gasteiger partial charge in [0, 0.05) is 23.6 Å². The molecule has 0 unspecified atom stereocenters. The van der Waals surface area contributed by atoms with Crippen LogP contribution < -0.4 is 5.32 Å². The SMILES string of the molecule is N#CCCCNC(=O)c1cc(Br)cnc1Cl. The highest BCUT2D eigenvalue weighted by Gasteiger charge is 2.11. The molecule has 0 spiro atoms. The molecule has 0 aliphatic carbocycles. The zero-order chi connectivity index (χ0) is 12.0. The van der Waals surface area contributed by atoms with Crippen LogP contribution in [0.25, 0.3) is 0 Å². The second kappa shape index (κ2) is 6.46. The third-order valence-electron chi connectivity index (χ3n) is 1.80. The second-order valence-electron chi connectivity index (χ2n) is 3.01. The molecule has 0 aliphatic heterocycles. The Balaban J connectivity index is 2.59. The molecule has 0 radical (unpaired) electrons. The van der Waals surface area contributed by atoms with Crippen LogP contribution in [-0.4, -0.2) is 17.4 Å². The minimum absolute atomic E-state index is 0.168. The molecule has 16 heavy (non-hydrogen) atoms. The number of nitrogens with zero attached hydrogens (tertiary/aromatic N) is 2. The number of halogens is 2. The van der Waals surface area contributed by atoms with Gasteiger partial charge in [-0.3, -0.25) is 4.79 Å². The van der Waals surface area contributed by atoms with Gasteiger partial charge in [0.25, 0.3) is 5.91 Å². The van der Waals surface area contributed by atoms with Crippen molar-refractivity contribution < 1.29 is 4.79 Å². The highest BCUT2D eigenvalue weighted by Crippen LogP contribution is 2.17. The molecular formula is C10H9BrClN3O. The van der Waals surface area contributed by atoms with Crippen molar-refractivity contribution in [3.05, 3.63) is 27.5 Å². The summed E-state index contributed by atoms with van der Waals surface area (Å²) in [6, 6.07) is 3.61. The zero-order valence-electron chi connectivity index (χ0n) is 8.33. The monoisotopic (exact) mass is 301 g/mol. The Kier molecular flexibility index (Phi) is 5.23. The van der Waals surface area contributed by atoms with E-state index < -0.39 is 0 Å². The number of unbranched alkanes of at least 4 members (excludes halogenated alkanes) is 1. The second-order valence-corrected chi connectivity index (χ2v) is 4.28. The van der Waals surface area contributed by atoms with Crippen molar-refractivity contribution in [3.63, 3.8) is 0 Å². The van der Waals surface area contributed by atoms with E-state index in [1.165, 1.54) is 6.20 Å². The van der Waals surface area contributed by atoms with Crippen LogP contribution in [0.5, 0.6) is 0 Å². The molecule has 0 fully saturated rings. The predicted molar refractivity (Wildman–Crippen MR) is 64.1 cm³/mol. The van der Waals surface area contributed by atoms with E-state index in [1.54, 1.807) is 6.07 Å². The number of hydrogen-bond donors (Lipinski definition) is 1. The number of carbonyl (C=O) groups is 1. The van der Waals surface area contributed by atoms with Gasteiger partial charge in [0.05, 0.1) is 11.6 Å². The molecule has 0 atom stereocenters. The topological polar surface area (TPSA) is 65.8 Å². The van der Waals surface area contributed by atoms with Crippen molar-refractivity contribution in [3.8, 4) is 6.07 Å². The van der Waals surface area contributed by atoms with Gasteiger partial charge in [-0.1, -0.05) is 11.6 Å².